The molecular weight excluding hydrogens is 152 g/mol. The van der Waals surface area contributed by atoms with E-state index in [1.54, 1.807) is 7.11 Å². The van der Waals surface area contributed by atoms with E-state index in [2.05, 4.69) is 0 Å². The van der Waals surface area contributed by atoms with Gasteiger partial charge in [-0.15, -0.1) is 0 Å². The summed E-state index contributed by atoms with van der Waals surface area (Å²) in [6.45, 7) is 1.99. The molecule has 12 heavy (non-hydrogen) atoms. The zero-order valence-corrected chi connectivity index (χ0v) is 8.01. The van der Waals surface area contributed by atoms with Gasteiger partial charge in [0, 0.05) is 19.4 Å². The molecule has 0 radical (unpaired) electrons. The summed E-state index contributed by atoms with van der Waals surface area (Å²) in [5, 5.41) is 0. The van der Waals surface area contributed by atoms with Gasteiger partial charge in [-0.05, 0) is 12.8 Å². The largest absolute Gasteiger partial charge is 0.381 e. The van der Waals surface area contributed by atoms with Gasteiger partial charge in [-0.25, -0.2) is 0 Å². The van der Waals surface area contributed by atoms with E-state index in [1.165, 1.54) is 12.8 Å². The Bertz CT molecular complexity index is 154. The van der Waals surface area contributed by atoms with Crippen molar-refractivity contribution >= 4 is 5.78 Å². The first-order valence-electron chi connectivity index (χ1n) is 4.81. The van der Waals surface area contributed by atoms with Crippen LogP contribution in [0.5, 0.6) is 0 Å². The first-order valence-corrected chi connectivity index (χ1v) is 4.81. The van der Waals surface area contributed by atoms with Crippen molar-refractivity contribution in [3.05, 3.63) is 0 Å². The smallest absolute Gasteiger partial charge is 0.138 e. The summed E-state index contributed by atoms with van der Waals surface area (Å²) in [7, 11) is 1.70. The molecule has 0 heterocycles. The average molecular weight is 170 g/mol. The van der Waals surface area contributed by atoms with Crippen LogP contribution in [0.2, 0.25) is 0 Å². The molecule has 1 fully saturated rings. The molecule has 0 aromatic rings. The van der Waals surface area contributed by atoms with Crippen LogP contribution in [0.15, 0.2) is 0 Å². The van der Waals surface area contributed by atoms with Crippen LogP contribution >= 0.6 is 0 Å². The maximum atomic E-state index is 11.5. The first kappa shape index (κ1) is 9.72. The lowest BCUT2D eigenvalue weighted by atomic mass is 9.89. The SMILES string of the molecule is CO[C@@H]1CCCCCC(=O)[C@H]1C. The summed E-state index contributed by atoms with van der Waals surface area (Å²) >= 11 is 0. The van der Waals surface area contributed by atoms with Gasteiger partial charge < -0.3 is 4.74 Å². The van der Waals surface area contributed by atoms with Crippen molar-refractivity contribution in [1.29, 1.82) is 0 Å². The third-order valence-electron chi connectivity index (χ3n) is 2.78. The zero-order valence-electron chi connectivity index (χ0n) is 8.01. The van der Waals surface area contributed by atoms with E-state index >= 15 is 0 Å². The molecule has 0 aromatic heterocycles. The van der Waals surface area contributed by atoms with E-state index in [1.807, 2.05) is 6.92 Å². The zero-order chi connectivity index (χ0) is 8.97. The number of carbonyl (C=O) groups is 1. The molecule has 0 N–H and O–H groups in total. The standard InChI is InChI=1S/C10H18O2/c1-8-9(11)6-4-3-5-7-10(8)12-2/h8,10H,3-7H2,1-2H3/t8-,10-/m1/s1. The van der Waals surface area contributed by atoms with Gasteiger partial charge in [-0.2, -0.15) is 0 Å². The van der Waals surface area contributed by atoms with Crippen LogP contribution in [-0.2, 0) is 9.53 Å². The molecular formula is C10H18O2. The van der Waals surface area contributed by atoms with E-state index in [-0.39, 0.29) is 12.0 Å². The lowest BCUT2D eigenvalue weighted by molar-refractivity contribution is -0.127. The quantitative estimate of drug-likeness (QED) is 0.603. The fraction of sp³-hybridized carbons (Fsp3) is 0.900. The summed E-state index contributed by atoms with van der Waals surface area (Å²) < 4.78 is 5.29. The third kappa shape index (κ3) is 2.31. The normalized spacial score (nSPS) is 32.7. The van der Waals surface area contributed by atoms with E-state index in [4.69, 9.17) is 4.74 Å². The number of carbonyl (C=O) groups excluding carboxylic acids is 1. The van der Waals surface area contributed by atoms with Crippen LogP contribution in [0.1, 0.15) is 39.0 Å². The van der Waals surface area contributed by atoms with Crippen molar-refractivity contribution in [2.75, 3.05) is 7.11 Å². The molecule has 2 heteroatoms. The lowest BCUT2D eigenvalue weighted by Gasteiger charge is -2.23. The second-order valence-corrected chi connectivity index (χ2v) is 3.63. The molecule has 0 amide bonds. The number of Topliss-reactive ketones (excluding diaryl/α,β-unsaturated/α-hetero) is 1. The molecule has 0 aliphatic heterocycles. The summed E-state index contributed by atoms with van der Waals surface area (Å²) in [5.74, 6) is 0.483. The maximum Gasteiger partial charge on any atom is 0.138 e. The monoisotopic (exact) mass is 170 g/mol. The van der Waals surface area contributed by atoms with Crippen molar-refractivity contribution in [3.63, 3.8) is 0 Å². The summed E-state index contributed by atoms with van der Waals surface area (Å²) in [4.78, 5) is 11.5. The minimum absolute atomic E-state index is 0.107. The number of hydrogen-bond acceptors (Lipinski definition) is 2. The van der Waals surface area contributed by atoms with Gasteiger partial charge in [-0.3, -0.25) is 4.79 Å². The highest BCUT2D eigenvalue weighted by Crippen LogP contribution is 2.21. The van der Waals surface area contributed by atoms with Crippen molar-refractivity contribution < 1.29 is 9.53 Å². The first-order chi connectivity index (χ1) is 5.75. The minimum atomic E-state index is 0.107. The highest BCUT2D eigenvalue weighted by Gasteiger charge is 2.24. The lowest BCUT2D eigenvalue weighted by Crippen LogP contribution is -2.28. The minimum Gasteiger partial charge on any atom is -0.381 e. The molecule has 2 nitrogen and oxygen atoms in total. The molecule has 0 bridgehead atoms. The second-order valence-electron chi connectivity index (χ2n) is 3.63. The van der Waals surface area contributed by atoms with Crippen molar-refractivity contribution in [2.24, 2.45) is 5.92 Å². The van der Waals surface area contributed by atoms with E-state index in [0.29, 0.717) is 5.78 Å². The summed E-state index contributed by atoms with van der Waals surface area (Å²) in [6.07, 6.45) is 5.41. The second kappa shape index (κ2) is 4.61. The Balaban J connectivity index is 2.53. The third-order valence-corrected chi connectivity index (χ3v) is 2.78. The molecule has 1 aliphatic carbocycles. The maximum absolute atomic E-state index is 11.5. The Morgan fingerprint density at radius 2 is 2.08 bits per heavy atom. The number of ketones is 1. The fourth-order valence-corrected chi connectivity index (χ4v) is 1.83. The number of ether oxygens (including phenoxy) is 1. The highest BCUT2D eigenvalue weighted by atomic mass is 16.5. The van der Waals surface area contributed by atoms with Crippen LogP contribution in [-0.4, -0.2) is 19.0 Å². The van der Waals surface area contributed by atoms with Crippen LogP contribution in [0.3, 0.4) is 0 Å². The Kier molecular flexibility index (Phi) is 3.73. The molecule has 0 unspecified atom stereocenters. The van der Waals surface area contributed by atoms with Crippen LogP contribution < -0.4 is 0 Å². The molecule has 0 aromatic carbocycles. The number of hydrogen-bond donors (Lipinski definition) is 0. The van der Waals surface area contributed by atoms with Gasteiger partial charge in [0.05, 0.1) is 6.10 Å². The van der Waals surface area contributed by atoms with Crippen molar-refractivity contribution in [1.82, 2.24) is 0 Å². The molecule has 0 spiro atoms. The Morgan fingerprint density at radius 3 is 2.75 bits per heavy atom. The topological polar surface area (TPSA) is 26.3 Å². The van der Waals surface area contributed by atoms with Crippen molar-refractivity contribution in [3.8, 4) is 0 Å². The summed E-state index contributed by atoms with van der Waals surface area (Å²) in [5.41, 5.74) is 0. The number of rotatable bonds is 1. The average Bonchev–Trinajstić information content (AvgIpc) is 2.07. The molecule has 0 saturated heterocycles. The molecule has 2 atom stereocenters. The van der Waals surface area contributed by atoms with Crippen LogP contribution in [0, 0.1) is 5.92 Å². The van der Waals surface area contributed by atoms with E-state index in [9.17, 15) is 4.79 Å². The predicted molar refractivity (Wildman–Crippen MR) is 48.1 cm³/mol. The number of methoxy groups -OCH3 is 1. The highest BCUT2D eigenvalue weighted by molar-refractivity contribution is 5.81. The van der Waals surface area contributed by atoms with Crippen LogP contribution in [0.4, 0.5) is 0 Å². The predicted octanol–water partition coefficient (Wildman–Crippen LogP) is 2.17. The molecule has 1 saturated carbocycles. The van der Waals surface area contributed by atoms with Gasteiger partial charge in [0.1, 0.15) is 5.78 Å². The summed E-state index contributed by atoms with van der Waals surface area (Å²) in [6, 6.07) is 0. The van der Waals surface area contributed by atoms with Crippen LogP contribution in [0.25, 0.3) is 0 Å². The van der Waals surface area contributed by atoms with Gasteiger partial charge in [-0.1, -0.05) is 19.8 Å². The molecule has 1 rings (SSSR count). The Labute approximate surface area is 74.3 Å². The Hall–Kier alpha value is -0.370. The van der Waals surface area contributed by atoms with Gasteiger partial charge in [0.2, 0.25) is 0 Å². The van der Waals surface area contributed by atoms with E-state index < -0.39 is 0 Å². The van der Waals surface area contributed by atoms with Gasteiger partial charge in [0.15, 0.2) is 0 Å². The van der Waals surface area contributed by atoms with Gasteiger partial charge in [0.25, 0.3) is 0 Å². The Morgan fingerprint density at radius 1 is 1.33 bits per heavy atom. The molecule has 1 aliphatic rings. The van der Waals surface area contributed by atoms with E-state index in [0.717, 1.165) is 19.3 Å². The van der Waals surface area contributed by atoms with Crippen molar-refractivity contribution in [2.45, 2.75) is 45.1 Å². The fourth-order valence-electron chi connectivity index (χ4n) is 1.83. The van der Waals surface area contributed by atoms with Gasteiger partial charge >= 0.3 is 0 Å². The molecule has 70 valence electrons.